The van der Waals surface area contributed by atoms with E-state index >= 15 is 0 Å². The van der Waals surface area contributed by atoms with Crippen LogP contribution in [0.4, 0.5) is 0 Å². The van der Waals surface area contributed by atoms with Crippen LogP contribution in [0.3, 0.4) is 0 Å². The van der Waals surface area contributed by atoms with Crippen molar-refractivity contribution in [1.82, 2.24) is 9.21 Å². The standard InChI is InChI=1S/C12H24N6O3S/c1-3-22(19,20)17-6-4-12(5-7-17)16-10(13)15-11(14)18(12)8-9-21-2/h3-9H2,1-2H3,(H4,13,14,15,16). The van der Waals surface area contributed by atoms with E-state index in [-0.39, 0.29) is 11.7 Å². The predicted octanol–water partition coefficient (Wildman–Crippen LogP) is -1.28. The van der Waals surface area contributed by atoms with Gasteiger partial charge in [-0.15, -0.1) is 0 Å². The first-order valence-corrected chi connectivity index (χ1v) is 8.89. The molecule has 0 atom stereocenters. The summed E-state index contributed by atoms with van der Waals surface area (Å²) in [6.07, 6.45) is 1.04. The maximum absolute atomic E-state index is 12.0. The Kier molecular flexibility index (Phi) is 4.93. The van der Waals surface area contributed by atoms with Gasteiger partial charge in [-0.2, -0.15) is 4.99 Å². The van der Waals surface area contributed by atoms with E-state index < -0.39 is 15.7 Å². The third-order valence-corrected chi connectivity index (χ3v) is 6.01. The topological polar surface area (TPSA) is 127 Å². The Morgan fingerprint density at radius 3 is 2.50 bits per heavy atom. The molecule has 22 heavy (non-hydrogen) atoms. The van der Waals surface area contributed by atoms with Gasteiger partial charge in [0, 0.05) is 39.6 Å². The molecule has 1 spiro atoms. The fourth-order valence-corrected chi connectivity index (χ4v) is 3.99. The number of rotatable bonds is 5. The van der Waals surface area contributed by atoms with Gasteiger partial charge in [-0.1, -0.05) is 0 Å². The Morgan fingerprint density at radius 2 is 1.95 bits per heavy atom. The monoisotopic (exact) mass is 332 g/mol. The Labute approximate surface area is 131 Å². The van der Waals surface area contributed by atoms with E-state index in [4.69, 9.17) is 16.2 Å². The van der Waals surface area contributed by atoms with Crippen LogP contribution in [0.1, 0.15) is 19.8 Å². The van der Waals surface area contributed by atoms with Crippen molar-refractivity contribution in [3.63, 3.8) is 0 Å². The van der Waals surface area contributed by atoms with Crippen molar-refractivity contribution in [2.24, 2.45) is 21.5 Å². The van der Waals surface area contributed by atoms with E-state index in [0.29, 0.717) is 45.0 Å². The molecule has 0 aromatic carbocycles. The second-order valence-corrected chi connectivity index (χ2v) is 7.62. The molecule has 0 bridgehead atoms. The maximum Gasteiger partial charge on any atom is 0.220 e. The number of hydrogen-bond donors (Lipinski definition) is 2. The number of ether oxygens (including phenoxy) is 1. The zero-order valence-corrected chi connectivity index (χ0v) is 13.8. The quantitative estimate of drug-likeness (QED) is 0.645. The average Bonchev–Trinajstić information content (AvgIpc) is 2.47. The van der Waals surface area contributed by atoms with E-state index in [2.05, 4.69) is 9.98 Å². The number of guanidine groups is 2. The Morgan fingerprint density at radius 1 is 1.32 bits per heavy atom. The lowest BCUT2D eigenvalue weighted by atomic mass is 9.96. The molecule has 0 unspecified atom stereocenters. The highest BCUT2D eigenvalue weighted by atomic mass is 32.2. The number of hydrogen-bond acceptors (Lipinski definition) is 8. The Balaban J connectivity index is 2.20. The Bertz CT molecular complexity index is 565. The molecule has 0 aromatic heterocycles. The first kappa shape index (κ1) is 17.0. The number of methoxy groups -OCH3 is 1. The van der Waals surface area contributed by atoms with Gasteiger partial charge in [-0.05, 0) is 6.92 Å². The van der Waals surface area contributed by atoms with E-state index in [9.17, 15) is 8.42 Å². The molecule has 2 rings (SSSR count). The number of sulfonamides is 1. The molecule has 1 saturated heterocycles. The van der Waals surface area contributed by atoms with Crippen molar-refractivity contribution in [3.05, 3.63) is 0 Å². The summed E-state index contributed by atoms with van der Waals surface area (Å²) in [7, 11) is -1.58. The van der Waals surface area contributed by atoms with E-state index in [1.165, 1.54) is 4.31 Å². The average molecular weight is 332 g/mol. The lowest BCUT2D eigenvalue weighted by molar-refractivity contribution is 0.0756. The first-order valence-electron chi connectivity index (χ1n) is 7.28. The van der Waals surface area contributed by atoms with Gasteiger partial charge in [0.2, 0.25) is 21.9 Å². The van der Waals surface area contributed by atoms with Gasteiger partial charge in [0.05, 0.1) is 12.4 Å². The molecule has 0 amide bonds. The SMILES string of the molecule is CCS(=O)(=O)N1CCC2(CC1)N=C(N)N=C(N)N2CCOC. The van der Waals surface area contributed by atoms with Gasteiger partial charge in [-0.3, -0.25) is 0 Å². The van der Waals surface area contributed by atoms with Crippen molar-refractivity contribution in [2.45, 2.75) is 25.4 Å². The van der Waals surface area contributed by atoms with Gasteiger partial charge >= 0.3 is 0 Å². The van der Waals surface area contributed by atoms with E-state index in [0.717, 1.165) is 0 Å². The molecule has 126 valence electrons. The molecule has 10 heteroatoms. The van der Waals surface area contributed by atoms with E-state index in [1.807, 2.05) is 4.90 Å². The highest BCUT2D eigenvalue weighted by Gasteiger charge is 2.44. The van der Waals surface area contributed by atoms with Crippen LogP contribution in [0.25, 0.3) is 0 Å². The third kappa shape index (κ3) is 3.18. The fourth-order valence-electron chi connectivity index (χ4n) is 2.88. The number of nitrogens with two attached hydrogens (primary N) is 2. The van der Waals surface area contributed by atoms with Crippen molar-refractivity contribution < 1.29 is 13.2 Å². The highest BCUT2D eigenvalue weighted by Crippen LogP contribution is 2.33. The van der Waals surface area contributed by atoms with Crippen molar-refractivity contribution >= 4 is 21.9 Å². The van der Waals surface area contributed by atoms with Gasteiger partial charge in [0.1, 0.15) is 5.66 Å². The normalized spacial score (nSPS) is 22.5. The predicted molar refractivity (Wildman–Crippen MR) is 84.8 cm³/mol. The van der Waals surface area contributed by atoms with Crippen LogP contribution < -0.4 is 11.5 Å². The van der Waals surface area contributed by atoms with Crippen LogP contribution in [0.2, 0.25) is 0 Å². The molecule has 0 saturated carbocycles. The second-order valence-electron chi connectivity index (χ2n) is 5.37. The summed E-state index contributed by atoms with van der Waals surface area (Å²) in [5.74, 6) is 0.539. The molecular formula is C12H24N6O3S. The Hall–Kier alpha value is -1.39. The molecule has 1 fully saturated rings. The van der Waals surface area contributed by atoms with Gasteiger partial charge in [-0.25, -0.2) is 17.7 Å². The molecule has 0 aliphatic carbocycles. The second kappa shape index (κ2) is 6.39. The summed E-state index contributed by atoms with van der Waals surface area (Å²) in [6.45, 7) is 3.44. The van der Waals surface area contributed by atoms with E-state index in [1.54, 1.807) is 14.0 Å². The molecule has 0 aromatic rings. The summed E-state index contributed by atoms with van der Waals surface area (Å²) in [5, 5.41) is 0. The van der Waals surface area contributed by atoms with Gasteiger partial charge < -0.3 is 21.1 Å². The zero-order valence-electron chi connectivity index (χ0n) is 13.0. The number of piperidine rings is 1. The van der Waals surface area contributed by atoms with Crippen LogP contribution in [-0.4, -0.2) is 74.3 Å². The number of nitrogens with zero attached hydrogens (tertiary/aromatic N) is 4. The van der Waals surface area contributed by atoms with Crippen LogP contribution in [0.5, 0.6) is 0 Å². The van der Waals surface area contributed by atoms with Crippen LogP contribution >= 0.6 is 0 Å². The minimum Gasteiger partial charge on any atom is -0.383 e. The molecule has 2 heterocycles. The molecular weight excluding hydrogens is 308 g/mol. The molecule has 2 aliphatic heterocycles. The minimum absolute atomic E-state index is 0.0996. The largest absolute Gasteiger partial charge is 0.383 e. The lowest BCUT2D eigenvalue weighted by Crippen LogP contribution is -2.62. The van der Waals surface area contributed by atoms with Crippen molar-refractivity contribution in [2.75, 3.05) is 39.1 Å². The van der Waals surface area contributed by atoms with Crippen LogP contribution in [0, 0.1) is 0 Å². The molecule has 0 radical (unpaired) electrons. The van der Waals surface area contributed by atoms with Crippen molar-refractivity contribution in [1.29, 1.82) is 0 Å². The minimum atomic E-state index is -3.19. The summed E-state index contributed by atoms with van der Waals surface area (Å²) in [5.41, 5.74) is 11.1. The third-order valence-electron chi connectivity index (χ3n) is 4.13. The molecule has 9 nitrogen and oxygen atoms in total. The van der Waals surface area contributed by atoms with Crippen LogP contribution in [-0.2, 0) is 14.8 Å². The summed E-state index contributed by atoms with van der Waals surface area (Å²) in [6, 6.07) is 0. The maximum atomic E-state index is 12.0. The first-order chi connectivity index (χ1) is 10.3. The summed E-state index contributed by atoms with van der Waals surface area (Å²) >= 11 is 0. The summed E-state index contributed by atoms with van der Waals surface area (Å²) in [4.78, 5) is 10.4. The molecule has 2 aliphatic rings. The van der Waals surface area contributed by atoms with Crippen molar-refractivity contribution in [3.8, 4) is 0 Å². The fraction of sp³-hybridized carbons (Fsp3) is 0.833. The zero-order chi connectivity index (χ0) is 16.4. The van der Waals surface area contributed by atoms with Gasteiger partial charge in [0.15, 0.2) is 0 Å². The molecule has 4 N–H and O–H groups in total. The number of aliphatic imine (C=N–C) groups is 2. The van der Waals surface area contributed by atoms with Crippen LogP contribution in [0.15, 0.2) is 9.98 Å². The lowest BCUT2D eigenvalue weighted by Gasteiger charge is -2.47. The highest BCUT2D eigenvalue weighted by molar-refractivity contribution is 7.89. The van der Waals surface area contributed by atoms with Gasteiger partial charge in [0.25, 0.3) is 0 Å². The smallest absolute Gasteiger partial charge is 0.220 e. The summed E-state index contributed by atoms with van der Waals surface area (Å²) < 4.78 is 30.6.